The smallest absolute Gasteiger partial charge is 0.270 e. The van der Waals surface area contributed by atoms with Gasteiger partial charge in [-0.15, -0.1) is 0 Å². The van der Waals surface area contributed by atoms with E-state index >= 15 is 0 Å². The normalized spacial score (nSPS) is 10.1. The molecule has 2 N–H and O–H groups in total. The van der Waals surface area contributed by atoms with E-state index < -0.39 is 0 Å². The molecular weight excluding hydrogens is 278 g/mol. The van der Waals surface area contributed by atoms with Crippen LogP contribution < -0.4 is 15.4 Å². The Morgan fingerprint density at radius 1 is 1.23 bits per heavy atom. The number of amides is 1. The second-order valence-electron chi connectivity index (χ2n) is 4.89. The first kappa shape index (κ1) is 15.8. The van der Waals surface area contributed by atoms with Gasteiger partial charge in [-0.25, -0.2) is 0 Å². The molecule has 0 saturated heterocycles. The molecule has 1 heterocycles. The zero-order valence-corrected chi connectivity index (χ0v) is 12.9. The van der Waals surface area contributed by atoms with Crippen LogP contribution in [0.25, 0.3) is 0 Å². The van der Waals surface area contributed by atoms with Crippen LogP contribution >= 0.6 is 0 Å². The van der Waals surface area contributed by atoms with Gasteiger partial charge in [0.1, 0.15) is 11.4 Å². The summed E-state index contributed by atoms with van der Waals surface area (Å²) in [6.45, 7) is 3.42. The summed E-state index contributed by atoms with van der Waals surface area (Å²) in [6.07, 6.45) is 2.67. The number of rotatable bonds is 7. The molecule has 0 atom stereocenters. The van der Waals surface area contributed by atoms with Crippen LogP contribution in [0.15, 0.2) is 42.6 Å². The monoisotopic (exact) mass is 299 g/mol. The van der Waals surface area contributed by atoms with E-state index in [4.69, 9.17) is 4.74 Å². The molecule has 5 heteroatoms. The van der Waals surface area contributed by atoms with Gasteiger partial charge in [0.15, 0.2) is 0 Å². The second kappa shape index (κ2) is 8.02. The van der Waals surface area contributed by atoms with Gasteiger partial charge in [0.25, 0.3) is 5.91 Å². The predicted octanol–water partition coefficient (Wildman–Crippen LogP) is 2.84. The Balaban J connectivity index is 1.93. The zero-order valence-electron chi connectivity index (χ0n) is 12.9. The SMILES string of the molecule is CCCNc1ccnc(C(=O)NCc2ccc(OC)cc2)c1. The first-order chi connectivity index (χ1) is 10.7. The molecule has 1 amide bonds. The van der Waals surface area contributed by atoms with Crippen molar-refractivity contribution in [3.05, 3.63) is 53.9 Å². The number of carbonyl (C=O) groups excluding carboxylic acids is 1. The lowest BCUT2D eigenvalue weighted by Gasteiger charge is -2.08. The summed E-state index contributed by atoms with van der Waals surface area (Å²) in [4.78, 5) is 16.3. The minimum atomic E-state index is -0.184. The molecule has 0 aliphatic carbocycles. The van der Waals surface area contributed by atoms with Crippen molar-refractivity contribution in [3.63, 3.8) is 0 Å². The topological polar surface area (TPSA) is 63.2 Å². The third-order valence-corrected chi connectivity index (χ3v) is 3.18. The molecule has 116 valence electrons. The average molecular weight is 299 g/mol. The van der Waals surface area contributed by atoms with Crippen LogP contribution in [-0.4, -0.2) is 24.5 Å². The quantitative estimate of drug-likeness (QED) is 0.825. The minimum absolute atomic E-state index is 0.184. The van der Waals surface area contributed by atoms with E-state index in [0.717, 1.165) is 30.0 Å². The fourth-order valence-electron chi connectivity index (χ4n) is 1.95. The van der Waals surface area contributed by atoms with Crippen LogP contribution in [0.3, 0.4) is 0 Å². The third kappa shape index (κ3) is 4.48. The van der Waals surface area contributed by atoms with Crippen molar-refractivity contribution in [3.8, 4) is 5.75 Å². The number of hydrogen-bond acceptors (Lipinski definition) is 4. The Kier molecular flexibility index (Phi) is 5.77. The number of carbonyl (C=O) groups is 1. The molecule has 0 aliphatic rings. The van der Waals surface area contributed by atoms with E-state index in [0.29, 0.717) is 12.2 Å². The van der Waals surface area contributed by atoms with Gasteiger partial charge < -0.3 is 15.4 Å². The molecule has 0 unspecified atom stereocenters. The van der Waals surface area contributed by atoms with Crippen molar-refractivity contribution in [2.24, 2.45) is 0 Å². The summed E-state index contributed by atoms with van der Waals surface area (Å²) >= 11 is 0. The van der Waals surface area contributed by atoms with Crippen LogP contribution in [0.4, 0.5) is 5.69 Å². The molecular formula is C17H21N3O2. The van der Waals surface area contributed by atoms with Gasteiger partial charge in [0, 0.05) is 25.0 Å². The van der Waals surface area contributed by atoms with Crippen molar-refractivity contribution in [2.45, 2.75) is 19.9 Å². The predicted molar refractivity (Wildman–Crippen MR) is 87.2 cm³/mol. The molecule has 22 heavy (non-hydrogen) atoms. The van der Waals surface area contributed by atoms with Crippen molar-refractivity contribution in [1.82, 2.24) is 10.3 Å². The maximum atomic E-state index is 12.1. The van der Waals surface area contributed by atoms with Crippen molar-refractivity contribution in [2.75, 3.05) is 19.0 Å². The molecule has 5 nitrogen and oxygen atoms in total. The lowest BCUT2D eigenvalue weighted by atomic mass is 10.2. The summed E-state index contributed by atoms with van der Waals surface area (Å²) in [5.74, 6) is 0.613. The number of ether oxygens (including phenoxy) is 1. The summed E-state index contributed by atoms with van der Waals surface area (Å²) in [7, 11) is 1.63. The Morgan fingerprint density at radius 3 is 2.68 bits per heavy atom. The van der Waals surface area contributed by atoms with Gasteiger partial charge in [0.2, 0.25) is 0 Å². The molecule has 0 aliphatic heterocycles. The highest BCUT2D eigenvalue weighted by molar-refractivity contribution is 5.93. The van der Waals surface area contributed by atoms with Gasteiger partial charge in [-0.3, -0.25) is 9.78 Å². The second-order valence-corrected chi connectivity index (χ2v) is 4.89. The number of pyridine rings is 1. The van der Waals surface area contributed by atoms with Crippen LogP contribution in [0.5, 0.6) is 5.75 Å². The highest BCUT2D eigenvalue weighted by Gasteiger charge is 2.07. The number of anilines is 1. The first-order valence-corrected chi connectivity index (χ1v) is 7.34. The number of hydrogen-bond donors (Lipinski definition) is 2. The van der Waals surface area contributed by atoms with E-state index in [9.17, 15) is 4.79 Å². The summed E-state index contributed by atoms with van der Waals surface area (Å²) in [5.41, 5.74) is 2.33. The number of aromatic nitrogens is 1. The van der Waals surface area contributed by atoms with Crippen molar-refractivity contribution < 1.29 is 9.53 Å². The molecule has 2 aromatic rings. The van der Waals surface area contributed by atoms with Crippen molar-refractivity contribution >= 4 is 11.6 Å². The van der Waals surface area contributed by atoms with Gasteiger partial charge in [-0.1, -0.05) is 19.1 Å². The minimum Gasteiger partial charge on any atom is -0.497 e. The summed E-state index contributed by atoms with van der Waals surface area (Å²) in [5, 5.41) is 6.11. The first-order valence-electron chi connectivity index (χ1n) is 7.34. The standard InChI is InChI=1S/C17H21N3O2/c1-3-9-18-14-8-10-19-16(11-14)17(21)20-12-13-4-6-15(22-2)7-5-13/h4-8,10-11H,3,9,12H2,1-2H3,(H,18,19)(H,20,21). The van der Waals surface area contributed by atoms with Crippen LogP contribution in [0.2, 0.25) is 0 Å². The molecule has 0 fully saturated rings. The molecule has 0 radical (unpaired) electrons. The Hall–Kier alpha value is -2.56. The number of methoxy groups -OCH3 is 1. The molecule has 0 bridgehead atoms. The number of benzene rings is 1. The van der Waals surface area contributed by atoms with Crippen LogP contribution in [0, 0.1) is 0 Å². The highest BCUT2D eigenvalue weighted by Crippen LogP contribution is 2.11. The maximum absolute atomic E-state index is 12.1. The molecule has 1 aromatic heterocycles. The fourth-order valence-corrected chi connectivity index (χ4v) is 1.95. The van der Waals surface area contributed by atoms with E-state index in [1.807, 2.05) is 30.3 Å². The van der Waals surface area contributed by atoms with E-state index in [2.05, 4.69) is 22.5 Å². The van der Waals surface area contributed by atoms with Gasteiger partial charge in [0.05, 0.1) is 7.11 Å². The van der Waals surface area contributed by atoms with Gasteiger partial charge in [-0.2, -0.15) is 0 Å². The zero-order chi connectivity index (χ0) is 15.8. The fraction of sp³-hybridized carbons (Fsp3) is 0.294. The third-order valence-electron chi connectivity index (χ3n) is 3.18. The summed E-state index contributed by atoms with van der Waals surface area (Å²) in [6, 6.07) is 11.2. The Labute approximate surface area is 130 Å². The molecule has 1 aromatic carbocycles. The van der Waals surface area contributed by atoms with E-state index in [1.165, 1.54) is 0 Å². The largest absolute Gasteiger partial charge is 0.497 e. The number of nitrogens with one attached hydrogen (secondary N) is 2. The van der Waals surface area contributed by atoms with E-state index in [1.54, 1.807) is 19.4 Å². The lowest BCUT2D eigenvalue weighted by molar-refractivity contribution is 0.0946. The average Bonchev–Trinajstić information content (AvgIpc) is 2.58. The Morgan fingerprint density at radius 2 is 2.00 bits per heavy atom. The maximum Gasteiger partial charge on any atom is 0.270 e. The van der Waals surface area contributed by atoms with Crippen LogP contribution in [-0.2, 0) is 6.54 Å². The van der Waals surface area contributed by atoms with Gasteiger partial charge in [-0.05, 0) is 36.2 Å². The summed E-state index contributed by atoms with van der Waals surface area (Å²) < 4.78 is 5.11. The van der Waals surface area contributed by atoms with E-state index in [-0.39, 0.29) is 5.91 Å². The molecule has 2 rings (SSSR count). The van der Waals surface area contributed by atoms with Gasteiger partial charge >= 0.3 is 0 Å². The molecule has 0 saturated carbocycles. The highest BCUT2D eigenvalue weighted by atomic mass is 16.5. The van der Waals surface area contributed by atoms with Crippen molar-refractivity contribution in [1.29, 1.82) is 0 Å². The number of nitrogens with zero attached hydrogens (tertiary/aromatic N) is 1. The lowest BCUT2D eigenvalue weighted by Crippen LogP contribution is -2.23. The molecule has 0 spiro atoms. The Bertz CT molecular complexity index is 612. The van der Waals surface area contributed by atoms with Crippen LogP contribution in [0.1, 0.15) is 29.4 Å².